The van der Waals surface area contributed by atoms with E-state index >= 15 is 0 Å². The Labute approximate surface area is 84.6 Å². The first-order valence-electron chi connectivity index (χ1n) is 4.53. The van der Waals surface area contributed by atoms with Crippen molar-refractivity contribution in [1.82, 2.24) is 0 Å². The van der Waals surface area contributed by atoms with Crippen molar-refractivity contribution >= 4 is 7.60 Å². The molecule has 0 radical (unpaired) electrons. The average molecular weight is 214 g/mol. The molecule has 0 fully saturated rings. The first-order chi connectivity index (χ1) is 6.70. The van der Waals surface area contributed by atoms with Crippen LogP contribution in [-0.4, -0.2) is 13.7 Å². The van der Waals surface area contributed by atoms with E-state index in [9.17, 15) is 4.57 Å². The van der Waals surface area contributed by atoms with Gasteiger partial charge in [0.1, 0.15) is 0 Å². The first kappa shape index (κ1) is 11.4. The van der Waals surface area contributed by atoms with Crippen molar-refractivity contribution in [2.24, 2.45) is 0 Å². The second kappa shape index (κ2) is 5.30. The number of rotatable bonds is 5. The summed E-state index contributed by atoms with van der Waals surface area (Å²) in [6, 6.07) is 9.54. The molecule has 1 unspecified atom stereocenters. The lowest BCUT2D eigenvalue weighted by molar-refractivity contribution is 0.243. The second-order valence-electron chi connectivity index (χ2n) is 2.85. The molecule has 0 aliphatic carbocycles. The molecular formula is C10H15O3P. The van der Waals surface area contributed by atoms with Gasteiger partial charge >= 0.3 is 7.60 Å². The van der Waals surface area contributed by atoms with Crippen molar-refractivity contribution in [3.05, 3.63) is 35.9 Å². The van der Waals surface area contributed by atoms with E-state index in [1.54, 1.807) is 6.92 Å². The van der Waals surface area contributed by atoms with Gasteiger partial charge in [-0.05, 0) is 12.5 Å². The van der Waals surface area contributed by atoms with Crippen LogP contribution in [0, 0.1) is 0 Å². The molecule has 0 spiro atoms. The van der Waals surface area contributed by atoms with E-state index in [0.717, 1.165) is 5.56 Å². The molecular weight excluding hydrogens is 199 g/mol. The Balaban J connectivity index is 2.71. The van der Waals surface area contributed by atoms with Crippen LogP contribution in [0.4, 0.5) is 0 Å². The summed E-state index contributed by atoms with van der Waals surface area (Å²) in [6.07, 6.45) is 0.332. The minimum atomic E-state index is -2.92. The minimum Gasteiger partial charge on any atom is -0.312 e. The van der Waals surface area contributed by atoms with Gasteiger partial charge in [-0.3, -0.25) is 4.57 Å². The largest absolute Gasteiger partial charge is 0.334 e. The fourth-order valence-electron chi connectivity index (χ4n) is 1.17. The summed E-state index contributed by atoms with van der Waals surface area (Å²) in [5.41, 5.74) is 0.964. The van der Waals surface area contributed by atoms with Gasteiger partial charge in [0.2, 0.25) is 0 Å². The topological polar surface area (TPSA) is 35.5 Å². The zero-order chi connectivity index (χ0) is 10.4. The molecule has 0 aromatic heterocycles. The number of hydrogen-bond acceptors (Lipinski definition) is 3. The predicted octanol–water partition coefficient (Wildman–Crippen LogP) is 3.06. The molecule has 4 heteroatoms. The van der Waals surface area contributed by atoms with Crippen molar-refractivity contribution < 1.29 is 13.6 Å². The fraction of sp³-hybridized carbons (Fsp3) is 0.400. The van der Waals surface area contributed by atoms with Crippen LogP contribution in [0.1, 0.15) is 12.5 Å². The smallest absolute Gasteiger partial charge is 0.312 e. The highest BCUT2D eigenvalue weighted by Crippen LogP contribution is 2.50. The summed E-state index contributed by atoms with van der Waals surface area (Å²) in [6.45, 7) is 2.20. The summed E-state index contributed by atoms with van der Waals surface area (Å²) in [4.78, 5) is 0. The number of benzene rings is 1. The molecule has 14 heavy (non-hydrogen) atoms. The highest BCUT2D eigenvalue weighted by molar-refractivity contribution is 7.53. The molecule has 0 amide bonds. The maximum absolute atomic E-state index is 11.9. The molecule has 0 bridgehead atoms. The standard InChI is InChI=1S/C10H15O3P/c1-3-13-14(11,12-2)9-10-7-5-4-6-8-10/h4-8H,3,9H2,1-2H3. The Morgan fingerprint density at radius 1 is 1.29 bits per heavy atom. The van der Waals surface area contributed by atoms with Crippen LogP contribution in [0.25, 0.3) is 0 Å². The summed E-state index contributed by atoms with van der Waals surface area (Å²) in [5.74, 6) is 0. The molecule has 1 rings (SSSR count). The third-order valence-corrected chi connectivity index (χ3v) is 3.78. The van der Waals surface area contributed by atoms with Crippen LogP contribution >= 0.6 is 7.60 Å². The van der Waals surface area contributed by atoms with Gasteiger partial charge in [-0.2, -0.15) is 0 Å². The Kier molecular flexibility index (Phi) is 4.33. The molecule has 1 atom stereocenters. The Morgan fingerprint density at radius 2 is 1.93 bits per heavy atom. The van der Waals surface area contributed by atoms with E-state index in [-0.39, 0.29) is 0 Å². The summed E-state index contributed by atoms with van der Waals surface area (Å²) < 4.78 is 21.9. The van der Waals surface area contributed by atoms with Gasteiger partial charge in [0.25, 0.3) is 0 Å². The molecule has 0 aliphatic heterocycles. The average Bonchev–Trinajstić information content (AvgIpc) is 2.20. The molecule has 1 aromatic carbocycles. The van der Waals surface area contributed by atoms with E-state index in [2.05, 4.69) is 0 Å². The Bertz CT molecular complexity index is 310. The molecule has 0 heterocycles. The van der Waals surface area contributed by atoms with Crippen LogP contribution in [0.2, 0.25) is 0 Å². The maximum Gasteiger partial charge on any atom is 0.334 e. The molecule has 0 saturated heterocycles. The second-order valence-corrected chi connectivity index (χ2v) is 5.02. The molecule has 1 aromatic rings. The lowest BCUT2D eigenvalue weighted by Gasteiger charge is -2.14. The van der Waals surface area contributed by atoms with Crippen molar-refractivity contribution in [1.29, 1.82) is 0 Å². The van der Waals surface area contributed by atoms with Crippen LogP contribution in [0.15, 0.2) is 30.3 Å². The molecule has 78 valence electrons. The van der Waals surface area contributed by atoms with Crippen LogP contribution < -0.4 is 0 Å². The van der Waals surface area contributed by atoms with Crippen molar-refractivity contribution in [3.8, 4) is 0 Å². The first-order valence-corrected chi connectivity index (χ1v) is 6.26. The summed E-state index contributed by atoms with van der Waals surface area (Å²) >= 11 is 0. The van der Waals surface area contributed by atoms with Gasteiger partial charge in [0.05, 0.1) is 12.8 Å². The minimum absolute atomic E-state index is 0.332. The van der Waals surface area contributed by atoms with E-state index < -0.39 is 7.60 Å². The molecule has 0 saturated carbocycles. The van der Waals surface area contributed by atoms with E-state index in [1.165, 1.54) is 7.11 Å². The van der Waals surface area contributed by atoms with Gasteiger partial charge in [-0.25, -0.2) is 0 Å². The van der Waals surface area contributed by atoms with Gasteiger partial charge in [0, 0.05) is 7.11 Å². The van der Waals surface area contributed by atoms with Crippen molar-refractivity contribution in [2.45, 2.75) is 13.1 Å². The summed E-state index contributed by atoms with van der Waals surface area (Å²) in [5, 5.41) is 0. The predicted molar refractivity (Wildman–Crippen MR) is 56.4 cm³/mol. The van der Waals surface area contributed by atoms with Crippen LogP contribution in [0.5, 0.6) is 0 Å². The summed E-state index contributed by atoms with van der Waals surface area (Å²) in [7, 11) is -1.51. The maximum atomic E-state index is 11.9. The quantitative estimate of drug-likeness (QED) is 0.706. The third kappa shape index (κ3) is 3.26. The molecule has 0 aliphatic rings. The highest BCUT2D eigenvalue weighted by Gasteiger charge is 2.22. The third-order valence-electron chi connectivity index (χ3n) is 1.82. The van der Waals surface area contributed by atoms with Crippen LogP contribution in [-0.2, 0) is 19.8 Å². The monoisotopic (exact) mass is 214 g/mol. The Morgan fingerprint density at radius 3 is 2.43 bits per heavy atom. The SMILES string of the molecule is CCOP(=O)(Cc1ccccc1)OC. The van der Waals surface area contributed by atoms with E-state index in [1.807, 2.05) is 30.3 Å². The molecule has 3 nitrogen and oxygen atoms in total. The van der Waals surface area contributed by atoms with Crippen LogP contribution in [0.3, 0.4) is 0 Å². The highest BCUT2D eigenvalue weighted by atomic mass is 31.2. The lowest BCUT2D eigenvalue weighted by atomic mass is 10.2. The zero-order valence-electron chi connectivity index (χ0n) is 8.47. The fourth-order valence-corrected chi connectivity index (χ4v) is 2.54. The normalized spacial score (nSPS) is 15.0. The van der Waals surface area contributed by atoms with Crippen molar-refractivity contribution in [3.63, 3.8) is 0 Å². The van der Waals surface area contributed by atoms with E-state index in [0.29, 0.717) is 12.8 Å². The zero-order valence-corrected chi connectivity index (χ0v) is 9.37. The molecule has 0 N–H and O–H groups in total. The van der Waals surface area contributed by atoms with Gasteiger partial charge < -0.3 is 9.05 Å². The number of hydrogen-bond donors (Lipinski definition) is 0. The van der Waals surface area contributed by atoms with Gasteiger partial charge in [0.15, 0.2) is 0 Å². The van der Waals surface area contributed by atoms with Gasteiger partial charge in [-0.15, -0.1) is 0 Å². The lowest BCUT2D eigenvalue weighted by Crippen LogP contribution is -1.96. The van der Waals surface area contributed by atoms with E-state index in [4.69, 9.17) is 9.05 Å². The Hall–Kier alpha value is -0.630. The van der Waals surface area contributed by atoms with Gasteiger partial charge in [-0.1, -0.05) is 30.3 Å². The van der Waals surface area contributed by atoms with Crippen molar-refractivity contribution in [2.75, 3.05) is 13.7 Å².